The van der Waals surface area contributed by atoms with Crippen LogP contribution in [0.5, 0.6) is 0 Å². The van der Waals surface area contributed by atoms with E-state index in [1.54, 1.807) is 0 Å². The molecule has 2 bridgehead atoms. The minimum Gasteiger partial charge on any atom is -0.350 e. The van der Waals surface area contributed by atoms with Crippen molar-refractivity contribution in [2.75, 3.05) is 25.0 Å². The van der Waals surface area contributed by atoms with Gasteiger partial charge in [-0.25, -0.2) is 4.39 Å². The normalized spacial score (nSPS) is 23.6. The second-order valence-corrected chi connectivity index (χ2v) is 9.18. The summed E-state index contributed by atoms with van der Waals surface area (Å²) in [7, 11) is 0. The second kappa shape index (κ2) is 7.97. The summed E-state index contributed by atoms with van der Waals surface area (Å²) in [5, 5.41) is 5.78. The molecule has 0 aromatic heterocycles. The van der Waals surface area contributed by atoms with Crippen LogP contribution in [-0.2, 0) is 9.59 Å². The Morgan fingerprint density at radius 2 is 1.93 bits per heavy atom. The fraction of sp³-hybridized carbons (Fsp3) is 0.600. The van der Waals surface area contributed by atoms with Gasteiger partial charge in [-0.1, -0.05) is 11.6 Å². The zero-order valence-electron chi connectivity index (χ0n) is 16.8. The number of hydrogen-bond donors (Lipinski definition) is 2. The number of benzene rings is 1. The van der Waals surface area contributed by atoms with Crippen LogP contribution in [-0.4, -0.2) is 64.9 Å². The van der Waals surface area contributed by atoms with E-state index in [2.05, 4.69) is 20.4 Å². The zero-order chi connectivity index (χ0) is 20.6. The molecule has 0 spiro atoms. The van der Waals surface area contributed by atoms with Gasteiger partial charge in [0.1, 0.15) is 5.82 Å². The number of rotatable bonds is 5. The van der Waals surface area contributed by atoms with Crippen LogP contribution in [0.25, 0.3) is 0 Å². The van der Waals surface area contributed by atoms with Gasteiger partial charge in [-0.15, -0.1) is 0 Å². The van der Waals surface area contributed by atoms with E-state index in [1.165, 1.54) is 18.2 Å². The summed E-state index contributed by atoms with van der Waals surface area (Å²) in [5.74, 6) is -0.629. The van der Waals surface area contributed by atoms with Crippen molar-refractivity contribution >= 4 is 29.1 Å². The molecule has 6 nitrogen and oxygen atoms in total. The lowest BCUT2D eigenvalue weighted by Gasteiger charge is -2.58. The first-order valence-corrected chi connectivity index (χ1v) is 9.98. The van der Waals surface area contributed by atoms with Crippen molar-refractivity contribution in [2.45, 2.75) is 57.8 Å². The summed E-state index contributed by atoms with van der Waals surface area (Å²) in [6.45, 7) is 9.64. The first-order chi connectivity index (χ1) is 13.0. The van der Waals surface area contributed by atoms with Crippen molar-refractivity contribution in [2.24, 2.45) is 0 Å². The fourth-order valence-corrected chi connectivity index (χ4v) is 4.25. The smallest absolute Gasteiger partial charge is 0.238 e. The third-order valence-electron chi connectivity index (χ3n) is 5.22. The number of fused-ring (bicyclic) bond motifs is 2. The van der Waals surface area contributed by atoms with Crippen molar-refractivity contribution in [3.63, 3.8) is 0 Å². The fourth-order valence-electron chi connectivity index (χ4n) is 4.07. The zero-order valence-corrected chi connectivity index (χ0v) is 17.5. The van der Waals surface area contributed by atoms with Crippen LogP contribution in [0.1, 0.15) is 34.1 Å². The van der Waals surface area contributed by atoms with E-state index in [9.17, 15) is 14.0 Å². The van der Waals surface area contributed by atoms with Crippen molar-refractivity contribution in [3.8, 4) is 0 Å². The molecule has 1 aromatic carbocycles. The van der Waals surface area contributed by atoms with Crippen LogP contribution in [0, 0.1) is 5.82 Å². The van der Waals surface area contributed by atoms with Gasteiger partial charge in [-0.05, 0) is 52.3 Å². The van der Waals surface area contributed by atoms with Crippen LogP contribution in [0.4, 0.5) is 10.1 Å². The van der Waals surface area contributed by atoms with Crippen molar-refractivity contribution in [1.82, 2.24) is 15.1 Å². The predicted octanol–water partition coefficient (Wildman–Crippen LogP) is 2.48. The van der Waals surface area contributed by atoms with Gasteiger partial charge in [-0.2, -0.15) is 0 Å². The van der Waals surface area contributed by atoms with Crippen LogP contribution in [0.2, 0.25) is 5.02 Å². The lowest BCUT2D eigenvalue weighted by atomic mass is 9.85. The van der Waals surface area contributed by atoms with E-state index in [0.717, 1.165) is 19.5 Å². The van der Waals surface area contributed by atoms with Gasteiger partial charge in [0, 0.05) is 36.4 Å². The Bertz CT molecular complexity index is 755. The minimum atomic E-state index is -0.513. The van der Waals surface area contributed by atoms with Gasteiger partial charge in [0.15, 0.2) is 0 Å². The summed E-state index contributed by atoms with van der Waals surface area (Å²) in [6, 6.07) is 4.51. The molecule has 3 heterocycles. The molecule has 154 valence electrons. The molecule has 0 radical (unpaired) electrons. The number of nitrogens with zero attached hydrogens (tertiary/aromatic N) is 2. The van der Waals surface area contributed by atoms with E-state index in [4.69, 9.17) is 11.6 Å². The largest absolute Gasteiger partial charge is 0.350 e. The average Bonchev–Trinajstić information content (AvgIpc) is 2.56. The molecule has 1 aromatic rings. The van der Waals surface area contributed by atoms with E-state index in [0.29, 0.717) is 5.69 Å². The first kappa shape index (κ1) is 21.0. The molecule has 3 unspecified atom stereocenters. The standard InChI is InChI=1S/C20H28ClFN4O2/c1-12(19(28)24-20(2,3)4)26-14-8-15(26)10-25(9-14)11-18(27)23-13-5-6-17(22)16(21)7-13/h5-7,12,14-15H,8-11H2,1-4H3,(H,23,27)(H,24,28). The number of carbonyl (C=O) groups is 2. The topological polar surface area (TPSA) is 64.7 Å². The highest BCUT2D eigenvalue weighted by Gasteiger charge is 2.48. The van der Waals surface area contributed by atoms with Crippen LogP contribution in [0.15, 0.2) is 18.2 Å². The molecule has 2 N–H and O–H groups in total. The van der Waals surface area contributed by atoms with Crippen LogP contribution < -0.4 is 10.6 Å². The second-order valence-electron chi connectivity index (χ2n) is 8.78. The van der Waals surface area contributed by atoms with Gasteiger partial charge in [0.2, 0.25) is 11.8 Å². The summed E-state index contributed by atoms with van der Waals surface area (Å²) in [6.07, 6.45) is 1.05. The summed E-state index contributed by atoms with van der Waals surface area (Å²) < 4.78 is 13.2. The number of hydrogen-bond acceptors (Lipinski definition) is 4. The quantitative estimate of drug-likeness (QED) is 0.782. The number of piperidine rings is 1. The highest BCUT2D eigenvalue weighted by atomic mass is 35.5. The number of anilines is 1. The number of amides is 2. The first-order valence-electron chi connectivity index (χ1n) is 9.60. The molecular weight excluding hydrogens is 383 g/mol. The Balaban J connectivity index is 1.50. The molecule has 3 fully saturated rings. The van der Waals surface area contributed by atoms with Crippen LogP contribution >= 0.6 is 11.6 Å². The summed E-state index contributed by atoms with van der Waals surface area (Å²) in [5.41, 5.74) is 0.228. The Hall–Kier alpha value is -1.70. The molecule has 3 aliphatic heterocycles. The molecular formula is C20H28ClFN4O2. The van der Waals surface area contributed by atoms with E-state index >= 15 is 0 Å². The number of nitrogens with one attached hydrogen (secondary N) is 2. The molecule has 2 amide bonds. The third kappa shape index (κ3) is 4.82. The number of piperazine rings is 1. The summed E-state index contributed by atoms with van der Waals surface area (Å²) in [4.78, 5) is 29.1. The predicted molar refractivity (Wildman–Crippen MR) is 108 cm³/mol. The molecule has 8 heteroatoms. The Kier molecular flexibility index (Phi) is 5.98. The Labute approximate surface area is 170 Å². The molecule has 28 heavy (non-hydrogen) atoms. The van der Waals surface area contributed by atoms with Gasteiger partial charge in [0.25, 0.3) is 0 Å². The van der Waals surface area contributed by atoms with Crippen molar-refractivity contribution in [3.05, 3.63) is 29.0 Å². The molecule has 3 saturated heterocycles. The third-order valence-corrected chi connectivity index (χ3v) is 5.51. The highest BCUT2D eigenvalue weighted by molar-refractivity contribution is 6.31. The molecule has 0 saturated carbocycles. The Morgan fingerprint density at radius 3 is 2.50 bits per heavy atom. The van der Waals surface area contributed by atoms with E-state index < -0.39 is 5.82 Å². The minimum absolute atomic E-state index is 0.0184. The maximum absolute atomic E-state index is 13.2. The molecule has 4 rings (SSSR count). The summed E-state index contributed by atoms with van der Waals surface area (Å²) >= 11 is 5.75. The van der Waals surface area contributed by atoms with Crippen molar-refractivity contribution in [1.29, 1.82) is 0 Å². The van der Waals surface area contributed by atoms with Crippen molar-refractivity contribution < 1.29 is 14.0 Å². The van der Waals surface area contributed by atoms with Gasteiger partial charge in [0.05, 0.1) is 17.6 Å². The van der Waals surface area contributed by atoms with Gasteiger partial charge in [-0.3, -0.25) is 19.4 Å². The molecule has 0 aliphatic carbocycles. The van der Waals surface area contributed by atoms with Gasteiger partial charge >= 0.3 is 0 Å². The Morgan fingerprint density at radius 1 is 1.29 bits per heavy atom. The maximum Gasteiger partial charge on any atom is 0.238 e. The highest BCUT2D eigenvalue weighted by Crippen LogP contribution is 2.34. The maximum atomic E-state index is 13.2. The van der Waals surface area contributed by atoms with Crippen LogP contribution in [0.3, 0.4) is 0 Å². The lowest BCUT2D eigenvalue weighted by Crippen LogP contribution is -2.73. The monoisotopic (exact) mass is 410 g/mol. The van der Waals surface area contributed by atoms with Gasteiger partial charge < -0.3 is 10.6 Å². The van der Waals surface area contributed by atoms with E-state index in [-0.39, 0.29) is 47.0 Å². The lowest BCUT2D eigenvalue weighted by molar-refractivity contribution is -0.143. The molecule has 3 atom stereocenters. The molecule has 3 aliphatic rings. The average molecular weight is 411 g/mol. The SMILES string of the molecule is CC(C(=O)NC(C)(C)C)N1C2CC1CN(CC(=O)Nc1ccc(F)c(Cl)c1)C2. The van der Waals surface area contributed by atoms with E-state index in [1.807, 2.05) is 27.7 Å². The number of halogens is 2. The number of carbonyl (C=O) groups excluding carboxylic acids is 2.